The maximum absolute atomic E-state index is 11.7. The molecule has 1 heterocycles. The fourth-order valence-electron chi connectivity index (χ4n) is 4.84. The molecule has 0 saturated carbocycles. The van der Waals surface area contributed by atoms with Gasteiger partial charge in [-0.3, -0.25) is 0 Å². The summed E-state index contributed by atoms with van der Waals surface area (Å²) in [5, 5.41) is 11.9. The topological polar surface area (TPSA) is 68.2 Å². The summed E-state index contributed by atoms with van der Waals surface area (Å²) >= 11 is 0. The van der Waals surface area contributed by atoms with Gasteiger partial charge >= 0.3 is 6.09 Å². The minimum Gasteiger partial charge on any atom is -0.481 e. The average molecular weight is 522 g/mol. The second-order valence-electron chi connectivity index (χ2n) is 9.47. The molecule has 0 bridgehead atoms. The van der Waals surface area contributed by atoms with Crippen molar-refractivity contribution in [3.05, 3.63) is 108 Å². The Morgan fingerprint density at radius 2 is 1.49 bits per heavy atom. The summed E-state index contributed by atoms with van der Waals surface area (Å²) in [4.78, 5) is 13.1. The largest absolute Gasteiger partial charge is 0.481 e. The smallest absolute Gasteiger partial charge is 0.407 e. The molecule has 1 aliphatic rings. The molecule has 4 aromatic rings. The minimum absolute atomic E-state index is 0.0880. The summed E-state index contributed by atoms with van der Waals surface area (Å²) in [5.41, 5.74) is 2.18. The molecule has 39 heavy (non-hydrogen) atoms. The summed E-state index contributed by atoms with van der Waals surface area (Å²) in [6.07, 6.45) is -0.461. The predicted octanol–water partition coefficient (Wildman–Crippen LogP) is 6.35. The molecule has 1 saturated heterocycles. The number of amides is 1. The van der Waals surface area contributed by atoms with Crippen molar-refractivity contribution >= 4 is 16.9 Å². The van der Waals surface area contributed by atoms with Crippen LogP contribution in [-0.2, 0) is 11.3 Å². The van der Waals surface area contributed by atoms with Gasteiger partial charge in [-0.05, 0) is 58.7 Å². The fourth-order valence-corrected chi connectivity index (χ4v) is 4.84. The van der Waals surface area contributed by atoms with Gasteiger partial charge in [0, 0.05) is 12.5 Å². The predicted molar refractivity (Wildman–Crippen MR) is 151 cm³/mol. The number of para-hydroxylation sites is 1. The molecule has 1 aliphatic heterocycles. The van der Waals surface area contributed by atoms with Gasteiger partial charge in [-0.25, -0.2) is 4.79 Å². The van der Waals surface area contributed by atoms with Crippen molar-refractivity contribution in [2.75, 3.05) is 26.3 Å². The Hall–Kier alpha value is -4.47. The molecule has 1 amide bonds. The van der Waals surface area contributed by atoms with Crippen LogP contribution in [0, 0.1) is 11.8 Å². The number of nitrogens with zero attached hydrogens (tertiary/aromatic N) is 1. The van der Waals surface area contributed by atoms with Gasteiger partial charge in [0.1, 0.15) is 24.7 Å². The van der Waals surface area contributed by atoms with Crippen molar-refractivity contribution in [1.29, 1.82) is 0 Å². The van der Waals surface area contributed by atoms with Crippen LogP contribution in [0.2, 0.25) is 0 Å². The first-order chi connectivity index (χ1) is 19.2. The van der Waals surface area contributed by atoms with Crippen molar-refractivity contribution < 1.29 is 24.1 Å². The van der Waals surface area contributed by atoms with E-state index in [2.05, 4.69) is 42.2 Å². The highest BCUT2D eigenvalue weighted by Gasteiger charge is 2.33. The number of fused-ring (bicyclic) bond motifs is 1. The molecule has 1 N–H and O–H groups in total. The van der Waals surface area contributed by atoms with Crippen molar-refractivity contribution in [1.82, 2.24) is 4.90 Å². The molecule has 5 rings (SSSR count). The number of carbonyl (C=O) groups is 1. The first-order valence-corrected chi connectivity index (χ1v) is 13.1. The zero-order valence-corrected chi connectivity index (χ0v) is 21.7. The molecule has 6 nitrogen and oxygen atoms in total. The van der Waals surface area contributed by atoms with Gasteiger partial charge in [0.15, 0.2) is 0 Å². The molecule has 6 heteroatoms. The van der Waals surface area contributed by atoms with Crippen LogP contribution >= 0.6 is 0 Å². The van der Waals surface area contributed by atoms with E-state index in [0.717, 1.165) is 28.0 Å². The quantitative estimate of drug-likeness (QED) is 0.274. The highest BCUT2D eigenvalue weighted by Crippen LogP contribution is 2.32. The van der Waals surface area contributed by atoms with E-state index in [1.54, 1.807) is 0 Å². The summed E-state index contributed by atoms with van der Waals surface area (Å²) < 4.78 is 17.7. The first kappa shape index (κ1) is 26.1. The second-order valence-corrected chi connectivity index (χ2v) is 9.47. The SMILES string of the molecule is O=C(O)N1CCC(c2ccc(OCC#CCOc3ccccc3)cc2)C(OCc2ccc3ccccc3c2)C1. The number of hydrogen-bond donors (Lipinski definition) is 1. The lowest BCUT2D eigenvalue weighted by Gasteiger charge is -2.37. The highest BCUT2D eigenvalue weighted by atomic mass is 16.5. The standard InChI is InChI=1S/C33H31NO5/c35-33(36)34-19-18-31(32(23-34)39-24-25-12-13-26-8-4-5-9-28(26)22-25)27-14-16-30(17-15-27)38-21-7-6-20-37-29-10-2-1-3-11-29/h1-5,8-17,22,31-32H,18-21,23-24H2,(H,35,36). The van der Waals surface area contributed by atoms with E-state index in [9.17, 15) is 9.90 Å². The van der Waals surface area contributed by atoms with Crippen LogP contribution in [0.1, 0.15) is 23.5 Å². The lowest BCUT2D eigenvalue weighted by atomic mass is 9.87. The van der Waals surface area contributed by atoms with E-state index in [-0.39, 0.29) is 18.6 Å². The van der Waals surface area contributed by atoms with Gasteiger partial charge in [0.25, 0.3) is 0 Å². The maximum atomic E-state index is 11.7. The Bertz CT molecular complexity index is 1440. The van der Waals surface area contributed by atoms with Crippen molar-refractivity contribution in [3.63, 3.8) is 0 Å². The Labute approximate surface area is 228 Å². The number of carboxylic acid groups (broad SMARTS) is 1. The fraction of sp³-hybridized carbons (Fsp3) is 0.242. The minimum atomic E-state index is -0.910. The summed E-state index contributed by atoms with van der Waals surface area (Å²) in [6, 6.07) is 32.0. The van der Waals surface area contributed by atoms with Crippen LogP contribution < -0.4 is 9.47 Å². The molecule has 2 unspecified atom stereocenters. The molecule has 0 radical (unpaired) electrons. The number of hydrogen-bond acceptors (Lipinski definition) is 4. The third kappa shape index (κ3) is 7.10. The molecule has 1 fully saturated rings. The number of likely N-dealkylation sites (tertiary alicyclic amines) is 1. The number of piperidine rings is 1. The van der Waals surface area contributed by atoms with E-state index in [0.29, 0.717) is 32.7 Å². The Morgan fingerprint density at radius 3 is 2.21 bits per heavy atom. The molecule has 2 atom stereocenters. The summed E-state index contributed by atoms with van der Waals surface area (Å²) in [5.74, 6) is 7.53. The number of ether oxygens (including phenoxy) is 3. The lowest BCUT2D eigenvalue weighted by Crippen LogP contribution is -2.46. The molecule has 0 aliphatic carbocycles. The van der Waals surface area contributed by atoms with Gasteiger partial charge < -0.3 is 24.2 Å². The molecule has 0 spiro atoms. The highest BCUT2D eigenvalue weighted by molar-refractivity contribution is 5.82. The van der Waals surface area contributed by atoms with Gasteiger partial charge in [-0.2, -0.15) is 0 Å². The van der Waals surface area contributed by atoms with Crippen LogP contribution in [0.4, 0.5) is 4.79 Å². The van der Waals surface area contributed by atoms with E-state index in [4.69, 9.17) is 14.2 Å². The third-order valence-electron chi connectivity index (χ3n) is 6.91. The third-order valence-corrected chi connectivity index (χ3v) is 6.91. The van der Waals surface area contributed by atoms with Gasteiger partial charge in [-0.1, -0.05) is 78.6 Å². The van der Waals surface area contributed by atoms with E-state index in [1.165, 1.54) is 10.3 Å². The van der Waals surface area contributed by atoms with Crippen LogP contribution in [0.15, 0.2) is 97.1 Å². The van der Waals surface area contributed by atoms with Crippen LogP contribution in [0.5, 0.6) is 11.5 Å². The Kier molecular flexibility index (Phi) is 8.62. The Morgan fingerprint density at radius 1 is 0.821 bits per heavy atom. The monoisotopic (exact) mass is 521 g/mol. The maximum Gasteiger partial charge on any atom is 0.407 e. The zero-order valence-electron chi connectivity index (χ0n) is 21.7. The first-order valence-electron chi connectivity index (χ1n) is 13.1. The second kappa shape index (κ2) is 12.9. The zero-order chi connectivity index (χ0) is 26.9. The van der Waals surface area contributed by atoms with Crippen molar-refractivity contribution in [3.8, 4) is 23.3 Å². The van der Waals surface area contributed by atoms with Gasteiger partial charge in [0.05, 0.1) is 19.3 Å². The van der Waals surface area contributed by atoms with Crippen LogP contribution in [0.3, 0.4) is 0 Å². The number of rotatable bonds is 8. The molecule has 4 aromatic carbocycles. The number of benzene rings is 4. The average Bonchev–Trinajstić information content (AvgIpc) is 2.98. The molecule has 0 aromatic heterocycles. The normalized spacial score (nSPS) is 16.8. The summed E-state index contributed by atoms with van der Waals surface area (Å²) in [7, 11) is 0. The van der Waals surface area contributed by atoms with Crippen LogP contribution in [0.25, 0.3) is 10.8 Å². The Balaban J connectivity index is 1.18. The van der Waals surface area contributed by atoms with E-state index < -0.39 is 6.09 Å². The van der Waals surface area contributed by atoms with Crippen molar-refractivity contribution in [2.24, 2.45) is 0 Å². The molecular weight excluding hydrogens is 490 g/mol. The van der Waals surface area contributed by atoms with Gasteiger partial charge in [-0.15, -0.1) is 0 Å². The van der Waals surface area contributed by atoms with Crippen LogP contribution in [-0.4, -0.2) is 48.5 Å². The molecule has 198 valence electrons. The summed E-state index contributed by atoms with van der Waals surface area (Å²) in [6.45, 7) is 1.82. The lowest BCUT2D eigenvalue weighted by molar-refractivity contribution is -0.0199. The van der Waals surface area contributed by atoms with Gasteiger partial charge in [0.2, 0.25) is 0 Å². The van der Waals surface area contributed by atoms with Crippen molar-refractivity contribution in [2.45, 2.75) is 25.0 Å². The van der Waals surface area contributed by atoms with E-state index in [1.807, 2.05) is 66.7 Å². The van der Waals surface area contributed by atoms with E-state index >= 15 is 0 Å². The molecular formula is C33H31NO5.